The van der Waals surface area contributed by atoms with Crippen LogP contribution in [-0.2, 0) is 4.79 Å². The number of hydrogen-bond donors (Lipinski definition) is 0. The Morgan fingerprint density at radius 2 is 1.86 bits per heavy atom. The highest BCUT2D eigenvalue weighted by Crippen LogP contribution is 2.36. The number of likely N-dealkylation sites (tertiary alicyclic amines) is 2. The minimum Gasteiger partial charge on any atom is -0.361 e. The molecule has 0 atom stereocenters. The molecule has 156 valence electrons. The van der Waals surface area contributed by atoms with E-state index in [2.05, 4.69) is 40.0 Å². The second-order valence-corrected chi connectivity index (χ2v) is 9.10. The summed E-state index contributed by atoms with van der Waals surface area (Å²) < 4.78 is 5.33. The van der Waals surface area contributed by atoms with Gasteiger partial charge in [-0.3, -0.25) is 9.78 Å². The molecule has 2 aromatic rings. The van der Waals surface area contributed by atoms with Crippen LogP contribution >= 0.6 is 0 Å². The van der Waals surface area contributed by atoms with Gasteiger partial charge in [-0.25, -0.2) is 0 Å². The molecule has 2 aromatic heterocycles. The van der Waals surface area contributed by atoms with Gasteiger partial charge >= 0.3 is 0 Å². The van der Waals surface area contributed by atoms with Crippen LogP contribution in [0.3, 0.4) is 0 Å². The lowest BCUT2D eigenvalue weighted by molar-refractivity contribution is -0.145. The number of piperidine rings is 2. The summed E-state index contributed by atoms with van der Waals surface area (Å²) in [6.45, 7) is 9.75. The van der Waals surface area contributed by atoms with Crippen LogP contribution in [0.15, 0.2) is 22.9 Å². The molecule has 0 bridgehead atoms. The first kappa shape index (κ1) is 20.1. The van der Waals surface area contributed by atoms with Gasteiger partial charge in [0.1, 0.15) is 5.76 Å². The predicted octanol–water partition coefficient (Wildman–Crippen LogP) is 3.79. The zero-order valence-corrected chi connectivity index (χ0v) is 18.1. The summed E-state index contributed by atoms with van der Waals surface area (Å²) in [5.74, 6) is 1.58. The summed E-state index contributed by atoms with van der Waals surface area (Å²) in [7, 11) is 2.14. The first-order chi connectivity index (χ1) is 13.9. The van der Waals surface area contributed by atoms with Gasteiger partial charge in [0.25, 0.3) is 0 Å². The molecule has 1 amide bonds. The van der Waals surface area contributed by atoms with E-state index in [-0.39, 0.29) is 5.41 Å². The lowest BCUT2D eigenvalue weighted by Gasteiger charge is -2.42. The van der Waals surface area contributed by atoms with Crippen molar-refractivity contribution in [3.8, 4) is 11.1 Å². The molecule has 6 nitrogen and oxygen atoms in total. The summed E-state index contributed by atoms with van der Waals surface area (Å²) in [5, 5.41) is 4.08. The van der Waals surface area contributed by atoms with E-state index in [0.29, 0.717) is 11.8 Å². The molecular weight excluding hydrogens is 364 g/mol. The predicted molar refractivity (Wildman–Crippen MR) is 113 cm³/mol. The SMILES string of the molecule is Cc1noc(C)c1-c1ccnc(C2CCN(C(=O)C3(C)CCN(C)CC3)CC2)c1. The number of carbonyl (C=O) groups is 1. The van der Waals surface area contributed by atoms with Gasteiger partial charge in [-0.15, -0.1) is 0 Å². The maximum absolute atomic E-state index is 13.2. The smallest absolute Gasteiger partial charge is 0.228 e. The molecule has 2 aliphatic rings. The summed E-state index contributed by atoms with van der Waals surface area (Å²) in [4.78, 5) is 22.3. The molecule has 0 N–H and O–H groups in total. The first-order valence-corrected chi connectivity index (χ1v) is 10.7. The number of carbonyl (C=O) groups excluding carboxylic acids is 1. The second-order valence-electron chi connectivity index (χ2n) is 9.10. The third-order valence-corrected chi connectivity index (χ3v) is 6.91. The fourth-order valence-corrected chi connectivity index (χ4v) is 4.81. The highest BCUT2D eigenvalue weighted by molar-refractivity contribution is 5.82. The fraction of sp³-hybridized carbons (Fsp3) is 0.609. The lowest BCUT2D eigenvalue weighted by Crippen LogP contribution is -2.50. The average molecular weight is 397 g/mol. The number of nitrogens with zero attached hydrogens (tertiary/aromatic N) is 4. The molecule has 0 aliphatic carbocycles. The van der Waals surface area contributed by atoms with Crippen molar-refractivity contribution < 1.29 is 9.32 Å². The topological polar surface area (TPSA) is 62.5 Å². The van der Waals surface area contributed by atoms with Crippen LogP contribution in [0.2, 0.25) is 0 Å². The van der Waals surface area contributed by atoms with E-state index in [0.717, 1.165) is 80.1 Å². The molecule has 4 heterocycles. The Labute approximate surface area is 173 Å². The van der Waals surface area contributed by atoms with Gasteiger partial charge in [-0.05, 0) is 77.4 Å². The second kappa shape index (κ2) is 7.90. The van der Waals surface area contributed by atoms with Gasteiger partial charge in [-0.2, -0.15) is 0 Å². The lowest BCUT2D eigenvalue weighted by atomic mass is 9.78. The Bertz CT molecular complexity index is 855. The number of pyridine rings is 1. The Balaban J connectivity index is 1.43. The zero-order chi connectivity index (χ0) is 20.6. The fourth-order valence-electron chi connectivity index (χ4n) is 4.81. The number of hydrogen-bond acceptors (Lipinski definition) is 5. The highest BCUT2D eigenvalue weighted by Gasteiger charge is 2.40. The summed E-state index contributed by atoms with van der Waals surface area (Å²) >= 11 is 0. The van der Waals surface area contributed by atoms with E-state index >= 15 is 0 Å². The molecule has 2 fully saturated rings. The molecular formula is C23H32N4O2. The molecule has 0 saturated carbocycles. The van der Waals surface area contributed by atoms with E-state index in [4.69, 9.17) is 4.52 Å². The van der Waals surface area contributed by atoms with E-state index in [9.17, 15) is 4.79 Å². The minimum absolute atomic E-state index is 0.194. The number of aryl methyl sites for hydroxylation is 2. The van der Waals surface area contributed by atoms with Crippen molar-refractivity contribution in [2.45, 2.75) is 52.4 Å². The Morgan fingerprint density at radius 3 is 2.48 bits per heavy atom. The monoisotopic (exact) mass is 396 g/mol. The molecule has 2 aliphatic heterocycles. The van der Waals surface area contributed by atoms with E-state index in [1.54, 1.807) is 0 Å². The standard InChI is InChI=1S/C23H32N4O2/c1-16-21(17(2)29-25-16)19-5-10-24-20(15-19)18-6-11-27(12-7-18)22(28)23(3)8-13-26(4)14-9-23/h5,10,15,18H,6-9,11-14H2,1-4H3. The highest BCUT2D eigenvalue weighted by atomic mass is 16.5. The van der Waals surface area contributed by atoms with Crippen LogP contribution in [0.5, 0.6) is 0 Å². The van der Waals surface area contributed by atoms with E-state index < -0.39 is 0 Å². The number of aromatic nitrogens is 2. The van der Waals surface area contributed by atoms with Crippen LogP contribution in [0.25, 0.3) is 11.1 Å². The number of amides is 1. The Morgan fingerprint density at radius 1 is 1.17 bits per heavy atom. The van der Waals surface area contributed by atoms with Crippen molar-refractivity contribution in [3.05, 3.63) is 35.5 Å². The van der Waals surface area contributed by atoms with E-state index in [1.165, 1.54) is 0 Å². The zero-order valence-electron chi connectivity index (χ0n) is 18.1. The summed E-state index contributed by atoms with van der Waals surface area (Å²) in [6, 6.07) is 4.20. The average Bonchev–Trinajstić information content (AvgIpc) is 3.08. The Kier molecular flexibility index (Phi) is 5.47. The van der Waals surface area contributed by atoms with Crippen molar-refractivity contribution in [1.29, 1.82) is 0 Å². The van der Waals surface area contributed by atoms with Crippen molar-refractivity contribution >= 4 is 5.91 Å². The third-order valence-electron chi connectivity index (χ3n) is 6.91. The van der Waals surface area contributed by atoms with Gasteiger partial charge in [0.15, 0.2) is 0 Å². The van der Waals surface area contributed by atoms with Gasteiger partial charge in [0.2, 0.25) is 5.91 Å². The maximum atomic E-state index is 13.2. The third kappa shape index (κ3) is 3.95. The number of rotatable bonds is 3. The summed E-state index contributed by atoms with van der Waals surface area (Å²) in [5.41, 5.74) is 4.01. The molecule has 29 heavy (non-hydrogen) atoms. The van der Waals surface area contributed by atoms with Crippen LogP contribution in [-0.4, -0.2) is 59.1 Å². The first-order valence-electron chi connectivity index (χ1n) is 10.7. The van der Waals surface area contributed by atoms with Crippen LogP contribution in [0, 0.1) is 19.3 Å². The summed E-state index contributed by atoms with van der Waals surface area (Å²) in [6.07, 6.45) is 5.75. The molecule has 6 heteroatoms. The molecule has 0 unspecified atom stereocenters. The molecule has 0 spiro atoms. The van der Waals surface area contributed by atoms with Crippen LogP contribution < -0.4 is 0 Å². The molecule has 2 saturated heterocycles. The largest absolute Gasteiger partial charge is 0.361 e. The molecule has 0 aromatic carbocycles. The Hall–Kier alpha value is -2.21. The van der Waals surface area contributed by atoms with Crippen molar-refractivity contribution in [3.63, 3.8) is 0 Å². The van der Waals surface area contributed by atoms with Crippen LogP contribution in [0.1, 0.15) is 55.7 Å². The van der Waals surface area contributed by atoms with E-state index in [1.807, 2.05) is 26.1 Å². The molecule has 0 radical (unpaired) electrons. The quantitative estimate of drug-likeness (QED) is 0.790. The van der Waals surface area contributed by atoms with Crippen molar-refractivity contribution in [2.75, 3.05) is 33.2 Å². The maximum Gasteiger partial charge on any atom is 0.228 e. The van der Waals surface area contributed by atoms with Gasteiger partial charge in [0, 0.05) is 41.9 Å². The van der Waals surface area contributed by atoms with Gasteiger partial charge in [0.05, 0.1) is 5.69 Å². The normalized spacial score (nSPS) is 20.8. The van der Waals surface area contributed by atoms with Crippen molar-refractivity contribution in [2.24, 2.45) is 5.41 Å². The molecule has 4 rings (SSSR count). The van der Waals surface area contributed by atoms with Gasteiger partial charge in [-0.1, -0.05) is 12.1 Å². The van der Waals surface area contributed by atoms with Crippen LogP contribution in [0.4, 0.5) is 0 Å². The minimum atomic E-state index is -0.194. The van der Waals surface area contributed by atoms with Gasteiger partial charge < -0.3 is 14.3 Å². The van der Waals surface area contributed by atoms with Crippen molar-refractivity contribution in [1.82, 2.24) is 19.9 Å².